The molecule has 3 heterocycles. The number of hydrogen-bond donors (Lipinski definition) is 0. The molecule has 2 amide bonds. The number of benzene rings is 1. The fourth-order valence-electron chi connectivity index (χ4n) is 5.49. The van der Waals surface area contributed by atoms with E-state index in [-0.39, 0.29) is 17.7 Å². The molecular formula is C27H32N4O2. The van der Waals surface area contributed by atoms with Crippen molar-refractivity contribution in [3.8, 4) is 0 Å². The van der Waals surface area contributed by atoms with E-state index >= 15 is 0 Å². The van der Waals surface area contributed by atoms with E-state index in [0.717, 1.165) is 35.3 Å². The molecule has 2 fully saturated rings. The Morgan fingerprint density at radius 3 is 2.61 bits per heavy atom. The van der Waals surface area contributed by atoms with Gasteiger partial charge in [0, 0.05) is 38.4 Å². The lowest BCUT2D eigenvalue weighted by Gasteiger charge is -2.30. The largest absolute Gasteiger partial charge is 0.340 e. The van der Waals surface area contributed by atoms with Gasteiger partial charge in [0.1, 0.15) is 5.65 Å². The predicted octanol–water partition coefficient (Wildman–Crippen LogP) is 4.18. The summed E-state index contributed by atoms with van der Waals surface area (Å²) >= 11 is 0. The van der Waals surface area contributed by atoms with Crippen molar-refractivity contribution in [1.82, 2.24) is 19.2 Å². The Bertz CT molecular complexity index is 1130. The zero-order valence-corrected chi connectivity index (χ0v) is 19.3. The number of amides is 2. The van der Waals surface area contributed by atoms with Gasteiger partial charge >= 0.3 is 0 Å². The molecule has 6 nitrogen and oxygen atoms in total. The van der Waals surface area contributed by atoms with Crippen molar-refractivity contribution in [3.05, 3.63) is 71.7 Å². The van der Waals surface area contributed by atoms with Gasteiger partial charge in [0.25, 0.3) is 0 Å². The topological polar surface area (TPSA) is 57.9 Å². The van der Waals surface area contributed by atoms with Crippen molar-refractivity contribution in [1.29, 1.82) is 0 Å². The second kappa shape index (κ2) is 9.38. The lowest BCUT2D eigenvalue weighted by molar-refractivity contribution is -0.134. The Morgan fingerprint density at radius 2 is 1.85 bits per heavy atom. The predicted molar refractivity (Wildman–Crippen MR) is 128 cm³/mol. The van der Waals surface area contributed by atoms with E-state index in [1.807, 2.05) is 63.8 Å². The molecule has 2 aromatic heterocycles. The number of imidazole rings is 1. The molecule has 1 saturated heterocycles. The Morgan fingerprint density at radius 1 is 1.06 bits per heavy atom. The number of carbonyl (C=O) groups excluding carboxylic acids is 2. The maximum Gasteiger partial charge on any atom is 0.230 e. The normalized spacial score (nSPS) is 18.6. The SMILES string of the molecule is Cc1cccn2cc(CN3CCN(C(=O)[C@H](c4ccccc4)C4CCCC4)CCC3=O)nc12. The average Bonchev–Trinajstić information content (AvgIpc) is 3.46. The highest BCUT2D eigenvalue weighted by Crippen LogP contribution is 2.38. The van der Waals surface area contributed by atoms with Gasteiger partial charge in [-0.15, -0.1) is 0 Å². The van der Waals surface area contributed by atoms with Crippen LogP contribution in [0.15, 0.2) is 54.9 Å². The molecule has 1 aromatic carbocycles. The third kappa shape index (κ3) is 4.52. The summed E-state index contributed by atoms with van der Waals surface area (Å²) in [7, 11) is 0. The molecule has 3 aromatic rings. The highest BCUT2D eigenvalue weighted by molar-refractivity contribution is 5.85. The Balaban J connectivity index is 1.31. The minimum absolute atomic E-state index is 0.0937. The quantitative estimate of drug-likeness (QED) is 0.593. The molecule has 0 spiro atoms. The Labute approximate surface area is 195 Å². The molecule has 1 aliphatic heterocycles. The molecule has 6 heteroatoms. The van der Waals surface area contributed by atoms with E-state index in [4.69, 9.17) is 4.98 Å². The number of aromatic nitrogens is 2. The number of rotatable bonds is 5. The molecule has 5 rings (SSSR count). The average molecular weight is 445 g/mol. The van der Waals surface area contributed by atoms with E-state index in [0.29, 0.717) is 38.5 Å². The van der Waals surface area contributed by atoms with Gasteiger partial charge in [-0.25, -0.2) is 4.98 Å². The third-order valence-corrected chi connectivity index (χ3v) is 7.28. The van der Waals surface area contributed by atoms with E-state index in [9.17, 15) is 9.59 Å². The minimum atomic E-state index is -0.100. The van der Waals surface area contributed by atoms with Crippen molar-refractivity contribution in [2.75, 3.05) is 19.6 Å². The Hall–Kier alpha value is -3.15. The van der Waals surface area contributed by atoms with Gasteiger partial charge < -0.3 is 14.2 Å². The standard InChI is InChI=1S/C27H32N4O2/c1-20-8-7-14-31-19-23(28-26(20)31)18-30-17-16-29(15-13-24(30)32)27(33)25(22-11-5-6-12-22)21-9-3-2-4-10-21/h2-4,7-10,14,19,22,25H,5-6,11-13,15-18H2,1H3/t25-/m1/s1. The fourth-order valence-corrected chi connectivity index (χ4v) is 5.49. The summed E-state index contributed by atoms with van der Waals surface area (Å²) in [4.78, 5) is 35.2. The van der Waals surface area contributed by atoms with Crippen LogP contribution in [0.2, 0.25) is 0 Å². The highest BCUT2D eigenvalue weighted by atomic mass is 16.2. The summed E-state index contributed by atoms with van der Waals surface area (Å²) in [5, 5.41) is 0. The zero-order valence-electron chi connectivity index (χ0n) is 19.3. The minimum Gasteiger partial charge on any atom is -0.340 e. The van der Waals surface area contributed by atoms with Gasteiger partial charge in [0.05, 0.1) is 18.2 Å². The van der Waals surface area contributed by atoms with Crippen LogP contribution >= 0.6 is 0 Å². The van der Waals surface area contributed by atoms with Crippen LogP contribution in [0.1, 0.15) is 54.8 Å². The van der Waals surface area contributed by atoms with E-state index < -0.39 is 0 Å². The summed E-state index contributed by atoms with van der Waals surface area (Å²) in [5.41, 5.74) is 4.03. The number of pyridine rings is 1. The first kappa shape index (κ1) is 21.7. The summed E-state index contributed by atoms with van der Waals surface area (Å²) in [5.74, 6) is 0.579. The third-order valence-electron chi connectivity index (χ3n) is 7.28. The highest BCUT2D eigenvalue weighted by Gasteiger charge is 2.36. The summed E-state index contributed by atoms with van der Waals surface area (Å²) in [6, 6.07) is 14.3. The van der Waals surface area contributed by atoms with Crippen LogP contribution in [-0.4, -0.2) is 50.6 Å². The van der Waals surface area contributed by atoms with Crippen LogP contribution in [0.4, 0.5) is 0 Å². The lowest BCUT2D eigenvalue weighted by atomic mass is 9.83. The second-order valence-electron chi connectivity index (χ2n) is 9.48. The zero-order chi connectivity index (χ0) is 22.8. The number of aryl methyl sites for hydroxylation is 1. The molecule has 1 aliphatic carbocycles. The van der Waals surface area contributed by atoms with Crippen LogP contribution < -0.4 is 0 Å². The molecule has 0 bridgehead atoms. The molecule has 0 unspecified atom stereocenters. The molecule has 172 valence electrons. The van der Waals surface area contributed by atoms with Gasteiger partial charge in [-0.3, -0.25) is 9.59 Å². The molecule has 0 radical (unpaired) electrons. The van der Waals surface area contributed by atoms with E-state index in [1.165, 1.54) is 12.8 Å². The first-order chi connectivity index (χ1) is 16.1. The van der Waals surface area contributed by atoms with Crippen LogP contribution in [0.3, 0.4) is 0 Å². The number of carbonyl (C=O) groups is 2. The first-order valence-electron chi connectivity index (χ1n) is 12.1. The fraction of sp³-hybridized carbons (Fsp3) is 0.444. The molecule has 1 saturated carbocycles. The molecular weight excluding hydrogens is 412 g/mol. The molecule has 2 aliphatic rings. The Kier molecular flexibility index (Phi) is 6.16. The summed E-state index contributed by atoms with van der Waals surface area (Å²) in [6.45, 7) is 4.14. The number of fused-ring (bicyclic) bond motifs is 1. The van der Waals surface area contributed by atoms with Crippen LogP contribution in [0.25, 0.3) is 5.65 Å². The summed E-state index contributed by atoms with van der Waals surface area (Å²) in [6.07, 6.45) is 8.96. The second-order valence-corrected chi connectivity index (χ2v) is 9.48. The number of nitrogens with zero attached hydrogens (tertiary/aromatic N) is 4. The van der Waals surface area contributed by atoms with Crippen molar-refractivity contribution >= 4 is 17.5 Å². The smallest absolute Gasteiger partial charge is 0.230 e. The molecule has 1 atom stereocenters. The van der Waals surface area contributed by atoms with Crippen molar-refractivity contribution < 1.29 is 9.59 Å². The van der Waals surface area contributed by atoms with Gasteiger partial charge in [-0.2, -0.15) is 0 Å². The van der Waals surface area contributed by atoms with Gasteiger partial charge in [-0.1, -0.05) is 49.2 Å². The maximum atomic E-state index is 13.7. The lowest BCUT2D eigenvalue weighted by Crippen LogP contribution is -2.40. The monoisotopic (exact) mass is 444 g/mol. The van der Waals surface area contributed by atoms with Crippen molar-refractivity contribution in [3.63, 3.8) is 0 Å². The van der Waals surface area contributed by atoms with Crippen LogP contribution in [0.5, 0.6) is 0 Å². The van der Waals surface area contributed by atoms with Gasteiger partial charge in [0.15, 0.2) is 0 Å². The maximum absolute atomic E-state index is 13.7. The van der Waals surface area contributed by atoms with Crippen LogP contribution in [-0.2, 0) is 16.1 Å². The number of hydrogen-bond acceptors (Lipinski definition) is 3. The first-order valence-corrected chi connectivity index (χ1v) is 12.1. The van der Waals surface area contributed by atoms with E-state index in [1.54, 1.807) is 0 Å². The van der Waals surface area contributed by atoms with Crippen molar-refractivity contribution in [2.24, 2.45) is 5.92 Å². The summed E-state index contributed by atoms with van der Waals surface area (Å²) < 4.78 is 2.01. The van der Waals surface area contributed by atoms with Gasteiger partial charge in [-0.05, 0) is 42.9 Å². The van der Waals surface area contributed by atoms with Crippen molar-refractivity contribution in [2.45, 2.75) is 51.5 Å². The van der Waals surface area contributed by atoms with Crippen LogP contribution in [0, 0.1) is 12.8 Å². The molecule has 0 N–H and O–H groups in total. The van der Waals surface area contributed by atoms with E-state index in [2.05, 4.69) is 12.1 Å². The van der Waals surface area contributed by atoms with Gasteiger partial charge in [0.2, 0.25) is 11.8 Å². The molecule has 33 heavy (non-hydrogen) atoms.